The molecule has 8 heteroatoms. The minimum absolute atomic E-state index is 0.170. The van der Waals surface area contributed by atoms with E-state index in [-0.39, 0.29) is 29.7 Å². The van der Waals surface area contributed by atoms with E-state index in [4.69, 9.17) is 0 Å². The van der Waals surface area contributed by atoms with Crippen molar-refractivity contribution in [2.24, 2.45) is 0 Å². The topological polar surface area (TPSA) is 86.8 Å². The molecule has 0 saturated carbocycles. The van der Waals surface area contributed by atoms with Gasteiger partial charge in [-0.25, -0.2) is 8.42 Å². The molecule has 1 heterocycles. The van der Waals surface area contributed by atoms with Gasteiger partial charge in [-0.2, -0.15) is 4.31 Å². The summed E-state index contributed by atoms with van der Waals surface area (Å²) in [6, 6.07) is 24.8. The summed E-state index contributed by atoms with van der Waals surface area (Å²) in [4.78, 5) is 29.0. The van der Waals surface area contributed by atoms with Crippen LogP contribution in [0.2, 0.25) is 0 Å². The van der Waals surface area contributed by atoms with Gasteiger partial charge in [0.15, 0.2) is 0 Å². The zero-order valence-electron chi connectivity index (χ0n) is 22.0. The van der Waals surface area contributed by atoms with Crippen LogP contribution in [0, 0.1) is 0 Å². The minimum atomic E-state index is -3.49. The first-order valence-electron chi connectivity index (χ1n) is 13.3. The molecule has 0 radical (unpaired) electrons. The summed E-state index contributed by atoms with van der Waals surface area (Å²) in [6.07, 6.45) is 3.97. The van der Waals surface area contributed by atoms with E-state index >= 15 is 0 Å². The number of hydrogen-bond donors (Lipinski definition) is 1. The molecule has 3 aromatic rings. The summed E-state index contributed by atoms with van der Waals surface area (Å²) < 4.78 is 27.2. The molecular weight excluding hydrogens is 510 g/mol. The molecule has 0 bridgehead atoms. The number of hydrogen-bond acceptors (Lipinski definition) is 4. The van der Waals surface area contributed by atoms with Gasteiger partial charge in [0.2, 0.25) is 21.8 Å². The van der Waals surface area contributed by atoms with Crippen molar-refractivity contribution in [3.63, 3.8) is 0 Å². The average molecular weight is 546 g/mol. The summed E-state index contributed by atoms with van der Waals surface area (Å²) in [5.41, 5.74) is 2.50. The Hall–Kier alpha value is -3.75. The smallest absolute Gasteiger partial charge is 0.247 e. The van der Waals surface area contributed by atoms with Crippen LogP contribution in [0.4, 0.5) is 0 Å². The van der Waals surface area contributed by atoms with Crippen LogP contribution < -0.4 is 5.32 Å². The van der Waals surface area contributed by atoms with Gasteiger partial charge in [0.05, 0.1) is 4.90 Å². The van der Waals surface area contributed by atoms with Crippen LogP contribution in [-0.4, -0.2) is 49.1 Å². The third-order valence-corrected chi connectivity index (χ3v) is 8.78. The van der Waals surface area contributed by atoms with Gasteiger partial charge in [-0.05, 0) is 48.1 Å². The molecule has 1 N–H and O–H groups in total. The van der Waals surface area contributed by atoms with Crippen LogP contribution >= 0.6 is 0 Å². The van der Waals surface area contributed by atoms with Gasteiger partial charge < -0.3 is 10.2 Å². The number of sulfonamides is 1. The largest absolute Gasteiger partial charge is 0.351 e. The molecule has 7 nitrogen and oxygen atoms in total. The molecule has 0 aliphatic carbocycles. The van der Waals surface area contributed by atoms with Gasteiger partial charge in [0.1, 0.15) is 6.04 Å². The van der Waals surface area contributed by atoms with Crippen molar-refractivity contribution in [3.8, 4) is 0 Å². The second kappa shape index (κ2) is 13.4. The molecule has 1 aliphatic rings. The zero-order chi connectivity index (χ0) is 27.7. The number of aryl methyl sites for hydroxylation is 1. The van der Waals surface area contributed by atoms with Crippen molar-refractivity contribution in [1.29, 1.82) is 0 Å². The maximum atomic E-state index is 13.7. The monoisotopic (exact) mass is 545 g/mol. The molecule has 1 saturated heterocycles. The van der Waals surface area contributed by atoms with Gasteiger partial charge in [-0.15, -0.1) is 6.58 Å². The predicted molar refractivity (Wildman–Crippen MR) is 152 cm³/mol. The third-order valence-electron chi connectivity index (χ3n) is 6.87. The normalized spacial score (nSPS) is 14.5. The number of benzene rings is 3. The van der Waals surface area contributed by atoms with Crippen molar-refractivity contribution < 1.29 is 18.0 Å². The molecular formula is C31H35N3O4S. The van der Waals surface area contributed by atoms with Gasteiger partial charge in [0.25, 0.3) is 0 Å². The Labute approximate surface area is 231 Å². The minimum Gasteiger partial charge on any atom is -0.351 e. The maximum absolute atomic E-state index is 13.7. The van der Waals surface area contributed by atoms with Crippen LogP contribution in [0.1, 0.15) is 42.0 Å². The lowest BCUT2D eigenvalue weighted by atomic mass is 10.0. The van der Waals surface area contributed by atoms with Crippen LogP contribution in [-0.2, 0) is 32.6 Å². The Balaban J connectivity index is 1.54. The number of carbonyl (C=O) groups is 2. The predicted octanol–water partition coefficient (Wildman–Crippen LogP) is 4.48. The summed E-state index contributed by atoms with van der Waals surface area (Å²) in [7, 11) is -3.49. The number of carbonyl (C=O) groups excluding carboxylic acids is 2. The van der Waals surface area contributed by atoms with E-state index in [9.17, 15) is 18.0 Å². The summed E-state index contributed by atoms with van der Waals surface area (Å²) >= 11 is 0. The van der Waals surface area contributed by atoms with Gasteiger partial charge in [0, 0.05) is 32.6 Å². The molecule has 1 atom stereocenters. The van der Waals surface area contributed by atoms with Crippen molar-refractivity contribution in [2.75, 3.05) is 19.6 Å². The lowest BCUT2D eigenvalue weighted by Gasteiger charge is -2.31. The van der Waals surface area contributed by atoms with E-state index < -0.39 is 16.1 Å². The molecule has 39 heavy (non-hydrogen) atoms. The van der Waals surface area contributed by atoms with Crippen LogP contribution in [0.3, 0.4) is 0 Å². The fraction of sp³-hybridized carbons (Fsp3) is 0.290. The first kappa shape index (κ1) is 28.3. The van der Waals surface area contributed by atoms with E-state index in [2.05, 4.69) is 11.9 Å². The quantitative estimate of drug-likeness (QED) is 0.340. The van der Waals surface area contributed by atoms with E-state index in [1.54, 1.807) is 35.2 Å². The molecule has 2 amide bonds. The molecule has 4 rings (SSSR count). The second-order valence-electron chi connectivity index (χ2n) is 9.61. The number of nitrogens with zero attached hydrogens (tertiary/aromatic N) is 2. The highest BCUT2D eigenvalue weighted by atomic mass is 32.2. The fourth-order valence-corrected chi connectivity index (χ4v) is 6.30. The maximum Gasteiger partial charge on any atom is 0.247 e. The lowest BCUT2D eigenvalue weighted by molar-refractivity contribution is -0.141. The lowest BCUT2D eigenvalue weighted by Crippen LogP contribution is -2.43. The first-order valence-corrected chi connectivity index (χ1v) is 14.7. The molecule has 0 unspecified atom stereocenters. The molecule has 3 aromatic carbocycles. The van der Waals surface area contributed by atoms with E-state index in [1.807, 2.05) is 60.7 Å². The Kier molecular flexibility index (Phi) is 9.68. The van der Waals surface area contributed by atoms with Gasteiger partial charge in [-0.1, -0.05) is 78.9 Å². The molecule has 0 aromatic heterocycles. The van der Waals surface area contributed by atoms with E-state index in [1.165, 1.54) is 4.31 Å². The van der Waals surface area contributed by atoms with Crippen LogP contribution in [0.5, 0.6) is 0 Å². The van der Waals surface area contributed by atoms with Gasteiger partial charge in [-0.3, -0.25) is 9.59 Å². The molecule has 1 aliphatic heterocycles. The number of amides is 2. The Morgan fingerprint density at radius 1 is 0.897 bits per heavy atom. The standard InChI is InChI=1S/C31H35N3O4S/c1-2-21-32-31(36)30(27-13-7-4-8-14-27)34(24-26-11-5-3-6-12-26)29(35)20-17-25-15-18-28(19-16-25)39(37,38)33-22-9-10-23-33/h2-8,11-16,18-19,30H,1,9-10,17,20-24H2,(H,32,36)/t30-/m1/s1. The van der Waals surface area contributed by atoms with Crippen molar-refractivity contribution in [3.05, 3.63) is 114 Å². The average Bonchev–Trinajstić information content (AvgIpc) is 3.52. The Morgan fingerprint density at radius 3 is 2.13 bits per heavy atom. The summed E-state index contributed by atoms with van der Waals surface area (Å²) in [5, 5.41) is 2.86. The number of rotatable bonds is 12. The molecule has 1 fully saturated rings. The van der Waals surface area contributed by atoms with Crippen LogP contribution in [0.25, 0.3) is 0 Å². The first-order chi connectivity index (χ1) is 18.9. The van der Waals surface area contributed by atoms with Gasteiger partial charge >= 0.3 is 0 Å². The highest BCUT2D eigenvalue weighted by Gasteiger charge is 2.31. The highest BCUT2D eigenvalue weighted by Crippen LogP contribution is 2.26. The number of nitrogens with one attached hydrogen (secondary N) is 1. The molecule has 204 valence electrons. The van der Waals surface area contributed by atoms with Crippen molar-refractivity contribution in [1.82, 2.24) is 14.5 Å². The van der Waals surface area contributed by atoms with Crippen LogP contribution in [0.15, 0.2) is 102 Å². The molecule has 0 spiro atoms. The van der Waals surface area contributed by atoms with E-state index in [0.717, 1.165) is 29.5 Å². The Morgan fingerprint density at radius 2 is 1.51 bits per heavy atom. The Bertz CT molecular complexity index is 1350. The van der Waals surface area contributed by atoms with E-state index in [0.29, 0.717) is 26.1 Å². The fourth-order valence-electron chi connectivity index (χ4n) is 4.78. The summed E-state index contributed by atoms with van der Waals surface area (Å²) in [5.74, 6) is -0.447. The second-order valence-corrected chi connectivity index (χ2v) is 11.5. The SMILES string of the molecule is C=CCNC(=O)[C@@H](c1ccccc1)N(Cc1ccccc1)C(=O)CCc1ccc(S(=O)(=O)N2CCCC2)cc1. The third kappa shape index (κ3) is 7.22. The van der Waals surface area contributed by atoms with Crippen molar-refractivity contribution in [2.45, 2.75) is 43.2 Å². The highest BCUT2D eigenvalue weighted by molar-refractivity contribution is 7.89. The summed E-state index contributed by atoms with van der Waals surface area (Å²) in [6.45, 7) is 5.36. The zero-order valence-corrected chi connectivity index (χ0v) is 22.9. The van der Waals surface area contributed by atoms with Crippen molar-refractivity contribution >= 4 is 21.8 Å².